The van der Waals surface area contributed by atoms with Crippen LogP contribution >= 0.6 is 11.3 Å². The van der Waals surface area contributed by atoms with Crippen molar-refractivity contribution >= 4 is 11.3 Å². The first-order valence-corrected chi connectivity index (χ1v) is 2.71. The summed E-state index contributed by atoms with van der Waals surface area (Å²) in [6.45, 7) is 0. The van der Waals surface area contributed by atoms with Gasteiger partial charge in [0.2, 0.25) is 5.51 Å². The molecular formula is C4H6NS+. The maximum Gasteiger partial charge on any atom is 0.224 e. The highest BCUT2D eigenvalue weighted by Gasteiger charge is 1.81. The summed E-state index contributed by atoms with van der Waals surface area (Å²) in [6.07, 6.45) is 2.02. The Morgan fingerprint density at radius 3 is 2.67 bits per heavy atom. The molecule has 0 atom stereocenters. The van der Waals surface area contributed by atoms with Crippen LogP contribution in [0.3, 0.4) is 0 Å². The fourth-order valence-corrected chi connectivity index (χ4v) is 0.892. The summed E-state index contributed by atoms with van der Waals surface area (Å²) in [5, 5.41) is 2.04. The van der Waals surface area contributed by atoms with Crippen LogP contribution in [0.25, 0.3) is 0 Å². The van der Waals surface area contributed by atoms with Crippen LogP contribution in [0.1, 0.15) is 0 Å². The van der Waals surface area contributed by atoms with Crippen molar-refractivity contribution in [2.75, 3.05) is 0 Å². The molecule has 0 aliphatic heterocycles. The van der Waals surface area contributed by atoms with Gasteiger partial charge < -0.3 is 0 Å². The lowest BCUT2D eigenvalue weighted by atomic mass is 11.0. The highest BCUT2D eigenvalue weighted by Crippen LogP contribution is 1.83. The number of aromatic nitrogens is 1. The maximum atomic E-state index is 2.04. The van der Waals surface area contributed by atoms with Gasteiger partial charge in [0.15, 0.2) is 6.20 Å². The van der Waals surface area contributed by atoms with E-state index in [-0.39, 0.29) is 0 Å². The monoisotopic (exact) mass is 101 g/mol. The molecule has 0 bridgehead atoms. The summed E-state index contributed by atoms with van der Waals surface area (Å²) >= 11 is 1.70. The summed E-state index contributed by atoms with van der Waals surface area (Å²) < 4.78 is 2.02. The number of rotatable bonds is 0. The largest absolute Gasteiger partial charge is 0.224 e. The van der Waals surface area contributed by atoms with Crippen molar-refractivity contribution in [1.29, 1.82) is 0 Å². The second-order valence-corrected chi connectivity index (χ2v) is 1.95. The average Bonchev–Trinajstić information content (AvgIpc) is 1.86. The van der Waals surface area contributed by atoms with Crippen LogP contribution in [0.4, 0.5) is 0 Å². The van der Waals surface area contributed by atoms with E-state index in [1.54, 1.807) is 11.3 Å². The molecule has 0 aliphatic carbocycles. The molecular weight excluding hydrogens is 95.1 g/mol. The third-order valence-electron chi connectivity index (χ3n) is 0.602. The SMILES string of the molecule is C[n+]1ccs[13cH]1. The lowest BCUT2D eigenvalue weighted by Crippen LogP contribution is -2.21. The molecule has 1 rings (SSSR count). The van der Waals surface area contributed by atoms with Gasteiger partial charge in [-0.1, -0.05) is 11.3 Å². The summed E-state index contributed by atoms with van der Waals surface area (Å²) in [5.74, 6) is 0. The zero-order chi connectivity index (χ0) is 4.41. The molecule has 0 aromatic carbocycles. The van der Waals surface area contributed by atoms with Crippen molar-refractivity contribution < 1.29 is 4.57 Å². The van der Waals surface area contributed by atoms with Crippen LogP contribution in [-0.4, -0.2) is 0 Å². The van der Waals surface area contributed by atoms with Gasteiger partial charge in [-0.3, -0.25) is 0 Å². The number of hydrogen-bond donors (Lipinski definition) is 0. The molecule has 0 fully saturated rings. The van der Waals surface area contributed by atoms with Crippen molar-refractivity contribution in [2.45, 2.75) is 0 Å². The van der Waals surface area contributed by atoms with E-state index in [9.17, 15) is 0 Å². The third kappa shape index (κ3) is 0.571. The lowest BCUT2D eigenvalue weighted by Gasteiger charge is -1.62. The van der Waals surface area contributed by atoms with Gasteiger partial charge in [0, 0.05) is 0 Å². The van der Waals surface area contributed by atoms with Gasteiger partial charge in [0.25, 0.3) is 0 Å². The Bertz CT molecular complexity index is 111. The first kappa shape index (κ1) is 3.81. The predicted molar refractivity (Wildman–Crippen MR) is 25.5 cm³/mol. The Morgan fingerprint density at radius 2 is 2.50 bits per heavy atom. The first-order chi connectivity index (χ1) is 2.89. The van der Waals surface area contributed by atoms with Crippen molar-refractivity contribution in [3.8, 4) is 0 Å². The second-order valence-electron chi connectivity index (χ2n) is 1.19. The van der Waals surface area contributed by atoms with E-state index in [2.05, 4.69) is 0 Å². The zero-order valence-electron chi connectivity index (χ0n) is 3.59. The fraction of sp³-hybridized carbons (Fsp3) is 0.250. The molecule has 0 radical (unpaired) electrons. The summed E-state index contributed by atoms with van der Waals surface area (Å²) in [6, 6.07) is 0. The number of thiazole rings is 1. The smallest absolute Gasteiger partial charge is 0.198 e. The highest BCUT2D eigenvalue weighted by molar-refractivity contribution is 7.07. The Morgan fingerprint density at radius 1 is 1.67 bits per heavy atom. The third-order valence-corrected chi connectivity index (χ3v) is 1.33. The summed E-state index contributed by atoms with van der Waals surface area (Å²) in [4.78, 5) is 0. The van der Waals surface area contributed by atoms with Gasteiger partial charge in [0.05, 0.1) is 5.38 Å². The normalized spacial score (nSPS) is 8.83. The van der Waals surface area contributed by atoms with Gasteiger partial charge in [-0.05, 0) is 0 Å². The van der Waals surface area contributed by atoms with Crippen molar-refractivity contribution in [1.82, 2.24) is 0 Å². The van der Waals surface area contributed by atoms with Gasteiger partial charge in [-0.15, -0.1) is 0 Å². The van der Waals surface area contributed by atoms with Crippen molar-refractivity contribution in [2.24, 2.45) is 7.05 Å². The van der Waals surface area contributed by atoms with Crippen LogP contribution in [0.2, 0.25) is 0 Å². The zero-order valence-corrected chi connectivity index (χ0v) is 4.40. The van der Waals surface area contributed by atoms with E-state index in [1.165, 1.54) is 0 Å². The molecule has 0 N–H and O–H groups in total. The number of hydrogen-bond acceptors (Lipinski definition) is 1. The molecule has 6 heavy (non-hydrogen) atoms. The Hall–Kier alpha value is -0.370. The summed E-state index contributed by atoms with van der Waals surface area (Å²) in [5.41, 5.74) is 2.04. The minimum atomic E-state index is 1.70. The number of aryl methyl sites for hydroxylation is 1. The van der Waals surface area contributed by atoms with Crippen LogP contribution in [0.15, 0.2) is 17.1 Å². The molecule has 0 unspecified atom stereocenters. The molecule has 0 saturated heterocycles. The van der Waals surface area contributed by atoms with E-state index in [0.29, 0.717) is 0 Å². The van der Waals surface area contributed by atoms with Gasteiger partial charge in [-0.2, -0.15) is 4.57 Å². The molecule has 0 amide bonds. The molecule has 0 aliphatic rings. The molecule has 0 spiro atoms. The van der Waals surface area contributed by atoms with E-state index in [0.717, 1.165) is 0 Å². The number of nitrogens with zero attached hydrogens (tertiary/aromatic N) is 1. The Labute approximate surface area is 40.9 Å². The molecule has 2 heteroatoms. The minimum absolute atomic E-state index is 1.70. The van der Waals surface area contributed by atoms with E-state index < -0.39 is 0 Å². The van der Waals surface area contributed by atoms with E-state index >= 15 is 0 Å². The van der Waals surface area contributed by atoms with E-state index in [4.69, 9.17) is 0 Å². The van der Waals surface area contributed by atoms with Gasteiger partial charge in [-0.25, -0.2) is 0 Å². The minimum Gasteiger partial charge on any atom is -0.198 e. The lowest BCUT2D eigenvalue weighted by molar-refractivity contribution is -0.666. The molecule has 1 heterocycles. The summed E-state index contributed by atoms with van der Waals surface area (Å²) in [7, 11) is 2.01. The second kappa shape index (κ2) is 1.39. The van der Waals surface area contributed by atoms with Crippen LogP contribution in [0, 0.1) is 0 Å². The predicted octanol–water partition coefficient (Wildman–Crippen LogP) is 0.573. The maximum absolute atomic E-state index is 2.04. The van der Waals surface area contributed by atoms with Gasteiger partial charge >= 0.3 is 0 Å². The standard InChI is InChI=1S/C4H6NS/c1-5-2-3-6-4-5/h2-4H,1H3/q+1/i4+1. The Kier molecular flexibility index (Phi) is 0.881. The molecule has 1 aromatic rings. The molecule has 1 aromatic heterocycles. The van der Waals surface area contributed by atoms with Crippen molar-refractivity contribution in [3.05, 3.63) is 17.1 Å². The Balaban J connectivity index is 3.05. The highest BCUT2D eigenvalue weighted by atomic mass is 32.1. The van der Waals surface area contributed by atoms with Crippen LogP contribution < -0.4 is 4.57 Å². The topological polar surface area (TPSA) is 3.88 Å². The quantitative estimate of drug-likeness (QED) is 0.421. The van der Waals surface area contributed by atoms with Crippen LogP contribution in [0.5, 0.6) is 0 Å². The van der Waals surface area contributed by atoms with Crippen molar-refractivity contribution in [3.63, 3.8) is 0 Å². The van der Waals surface area contributed by atoms with E-state index in [1.807, 2.05) is 28.7 Å². The van der Waals surface area contributed by atoms with Crippen LogP contribution in [-0.2, 0) is 7.05 Å². The molecule has 1 nitrogen and oxygen atoms in total. The first-order valence-electron chi connectivity index (χ1n) is 1.77. The average molecular weight is 101 g/mol. The molecule has 32 valence electrons. The fourth-order valence-electron chi connectivity index (χ4n) is 0.297. The van der Waals surface area contributed by atoms with Gasteiger partial charge in [0.1, 0.15) is 7.05 Å². The molecule has 0 saturated carbocycles.